The van der Waals surface area contributed by atoms with Crippen molar-refractivity contribution in [1.82, 2.24) is 0 Å². The minimum absolute atomic E-state index is 0.743. The summed E-state index contributed by atoms with van der Waals surface area (Å²) in [5.74, 6) is 0. The number of rotatable bonds is 1. The van der Waals surface area contributed by atoms with Crippen LogP contribution < -0.4 is 16.2 Å². The van der Waals surface area contributed by atoms with Gasteiger partial charge in [0, 0.05) is 0 Å². The van der Waals surface area contributed by atoms with Gasteiger partial charge in [0.1, 0.15) is 0 Å². The minimum Gasteiger partial charge on any atom is -0.327 e. The third-order valence-electron chi connectivity index (χ3n) is 0.612. The first kappa shape index (κ1) is 6.10. The highest BCUT2D eigenvalue weighted by molar-refractivity contribution is 6.70. The molecule has 0 saturated heterocycles. The van der Waals surface area contributed by atoms with E-state index in [0.717, 1.165) is 6.04 Å². The summed E-state index contributed by atoms with van der Waals surface area (Å²) in [6, 6.07) is 0.743. The van der Waals surface area contributed by atoms with Crippen molar-refractivity contribution in [1.29, 1.82) is 0 Å². The number of hydrogen-bond acceptors (Lipinski definition) is 3. The van der Waals surface area contributed by atoms with E-state index in [0.29, 0.717) is 0 Å². The summed E-state index contributed by atoms with van der Waals surface area (Å²) in [6.07, 6.45) is 0. The van der Waals surface area contributed by atoms with E-state index in [1.807, 2.05) is 6.92 Å². The molecule has 0 aromatic rings. The van der Waals surface area contributed by atoms with E-state index in [1.54, 1.807) is 0 Å². The fourth-order valence-corrected chi connectivity index (χ4v) is 0. The van der Waals surface area contributed by atoms with Gasteiger partial charge in [0.05, 0.1) is 0 Å². The Morgan fingerprint density at radius 1 is 1.33 bits per heavy atom. The molecule has 0 aromatic carbocycles. The Kier molecular flexibility index (Phi) is 1.73. The van der Waals surface area contributed by atoms with Crippen LogP contribution in [0.15, 0.2) is 0 Å². The maximum absolute atomic E-state index is 5.23. The zero-order valence-corrected chi connectivity index (χ0v) is 4.94. The van der Waals surface area contributed by atoms with Crippen LogP contribution in [0.3, 0.4) is 0 Å². The van der Waals surface area contributed by atoms with E-state index < -0.39 is 8.56 Å². The molecule has 0 saturated carbocycles. The summed E-state index contributed by atoms with van der Waals surface area (Å²) < 4.78 is 0. The predicted molar refractivity (Wildman–Crippen MR) is 28.8 cm³/mol. The SMILES string of the molecule is CC[Si](N)(N)N. The Morgan fingerprint density at radius 2 is 1.50 bits per heavy atom. The van der Waals surface area contributed by atoms with Gasteiger partial charge in [-0.2, -0.15) is 0 Å². The largest absolute Gasteiger partial charge is 0.327 e. The van der Waals surface area contributed by atoms with Crippen molar-refractivity contribution < 1.29 is 0 Å². The van der Waals surface area contributed by atoms with Gasteiger partial charge in [0.15, 0.2) is 0 Å². The fourth-order valence-electron chi connectivity index (χ4n) is 0. The van der Waals surface area contributed by atoms with Crippen molar-refractivity contribution in [2.75, 3.05) is 0 Å². The second-order valence-corrected chi connectivity index (χ2v) is 4.40. The van der Waals surface area contributed by atoms with Crippen LogP contribution in [0.5, 0.6) is 0 Å². The first-order valence-corrected chi connectivity index (χ1v) is 4.37. The zero-order valence-electron chi connectivity index (χ0n) is 3.94. The lowest BCUT2D eigenvalue weighted by atomic mass is 11.0. The summed E-state index contributed by atoms with van der Waals surface area (Å²) in [4.78, 5) is 0. The Bertz CT molecular complexity index is 38.5. The van der Waals surface area contributed by atoms with Crippen molar-refractivity contribution in [3.8, 4) is 0 Å². The van der Waals surface area contributed by atoms with Crippen LogP contribution in [0.1, 0.15) is 6.92 Å². The fraction of sp³-hybridized carbons (Fsp3) is 1.00. The van der Waals surface area contributed by atoms with Gasteiger partial charge in [-0.25, -0.2) is 0 Å². The van der Waals surface area contributed by atoms with Crippen LogP contribution in [0.2, 0.25) is 6.04 Å². The Hall–Kier alpha value is 0.0969. The maximum atomic E-state index is 5.23. The quantitative estimate of drug-likeness (QED) is 0.367. The molecule has 0 amide bonds. The molecule has 0 aliphatic heterocycles. The van der Waals surface area contributed by atoms with E-state index in [-0.39, 0.29) is 0 Å². The number of nitrogens with two attached hydrogens (primary N) is 3. The molecule has 0 fully saturated rings. The molecule has 0 unspecified atom stereocenters. The first-order valence-electron chi connectivity index (χ1n) is 1.93. The highest BCUT2D eigenvalue weighted by Gasteiger charge is 2.11. The van der Waals surface area contributed by atoms with E-state index >= 15 is 0 Å². The van der Waals surface area contributed by atoms with Gasteiger partial charge in [-0.3, -0.25) is 0 Å². The van der Waals surface area contributed by atoms with Gasteiger partial charge < -0.3 is 16.2 Å². The van der Waals surface area contributed by atoms with Gasteiger partial charge in [-0.1, -0.05) is 6.92 Å². The molecule has 0 rings (SSSR count). The predicted octanol–water partition coefficient (Wildman–Crippen LogP) is -1.18. The Balaban J connectivity index is 3.17. The highest BCUT2D eigenvalue weighted by atomic mass is 28.4. The lowest BCUT2D eigenvalue weighted by Crippen LogP contribution is -2.64. The molecule has 0 atom stereocenters. The van der Waals surface area contributed by atoms with Gasteiger partial charge in [-0.15, -0.1) is 0 Å². The normalized spacial score (nSPS) is 12.0. The van der Waals surface area contributed by atoms with E-state index in [1.165, 1.54) is 0 Å². The Morgan fingerprint density at radius 3 is 1.50 bits per heavy atom. The molecule has 6 N–H and O–H groups in total. The van der Waals surface area contributed by atoms with Gasteiger partial charge in [0.2, 0.25) is 0 Å². The molecule has 0 aliphatic rings. The number of hydrogen-bond donors (Lipinski definition) is 3. The molecular formula is C2H11N3Si. The molecule has 38 valence electrons. The lowest BCUT2D eigenvalue weighted by molar-refractivity contribution is 1.25. The van der Waals surface area contributed by atoms with E-state index in [2.05, 4.69) is 0 Å². The van der Waals surface area contributed by atoms with Crippen molar-refractivity contribution in [3.63, 3.8) is 0 Å². The maximum Gasteiger partial charge on any atom is 0.273 e. The van der Waals surface area contributed by atoms with Gasteiger partial charge in [-0.05, 0) is 6.04 Å². The third kappa shape index (κ3) is 4.10. The molecule has 0 aliphatic carbocycles. The van der Waals surface area contributed by atoms with E-state index in [9.17, 15) is 0 Å². The molecule has 6 heavy (non-hydrogen) atoms. The zero-order chi connectivity index (χ0) is 5.21. The molecule has 0 heterocycles. The monoisotopic (exact) mass is 105 g/mol. The average Bonchev–Trinajstić information content (AvgIpc) is 1.35. The molecular weight excluding hydrogens is 94.1 g/mol. The molecule has 4 heteroatoms. The molecule has 0 aromatic heterocycles. The topological polar surface area (TPSA) is 78.1 Å². The van der Waals surface area contributed by atoms with Gasteiger partial charge >= 0.3 is 0 Å². The van der Waals surface area contributed by atoms with Crippen LogP contribution in [0.25, 0.3) is 0 Å². The molecule has 0 bridgehead atoms. The van der Waals surface area contributed by atoms with Crippen LogP contribution in [0.4, 0.5) is 0 Å². The molecule has 3 nitrogen and oxygen atoms in total. The summed E-state index contributed by atoms with van der Waals surface area (Å²) in [5, 5.41) is 15.7. The Labute approximate surface area is 38.7 Å². The van der Waals surface area contributed by atoms with Crippen molar-refractivity contribution in [3.05, 3.63) is 0 Å². The summed E-state index contributed by atoms with van der Waals surface area (Å²) in [6.45, 7) is 1.90. The average molecular weight is 105 g/mol. The molecule has 0 radical (unpaired) electrons. The second kappa shape index (κ2) is 1.70. The lowest BCUT2D eigenvalue weighted by Gasteiger charge is -2.08. The standard InChI is InChI=1S/C2H11N3Si/c1-2-6(3,4)5/h2-5H2,1H3. The third-order valence-corrected chi connectivity index (χ3v) is 1.84. The summed E-state index contributed by atoms with van der Waals surface area (Å²) >= 11 is 0. The highest BCUT2D eigenvalue weighted by Crippen LogP contribution is 1.77. The van der Waals surface area contributed by atoms with Crippen LogP contribution >= 0.6 is 0 Å². The molecule has 0 spiro atoms. The van der Waals surface area contributed by atoms with Crippen molar-refractivity contribution in [2.24, 2.45) is 16.2 Å². The van der Waals surface area contributed by atoms with Gasteiger partial charge in [0.25, 0.3) is 8.56 Å². The van der Waals surface area contributed by atoms with Crippen molar-refractivity contribution >= 4 is 8.56 Å². The van der Waals surface area contributed by atoms with Crippen LogP contribution in [-0.4, -0.2) is 8.56 Å². The van der Waals surface area contributed by atoms with Crippen LogP contribution in [-0.2, 0) is 0 Å². The minimum atomic E-state index is -2.13. The summed E-state index contributed by atoms with van der Waals surface area (Å²) in [5.41, 5.74) is 0. The van der Waals surface area contributed by atoms with E-state index in [4.69, 9.17) is 16.2 Å². The van der Waals surface area contributed by atoms with Crippen molar-refractivity contribution in [2.45, 2.75) is 13.0 Å². The smallest absolute Gasteiger partial charge is 0.273 e. The second-order valence-electron chi connectivity index (χ2n) is 1.47. The van der Waals surface area contributed by atoms with Crippen LogP contribution in [0, 0.1) is 0 Å². The first-order chi connectivity index (χ1) is 2.56. The summed E-state index contributed by atoms with van der Waals surface area (Å²) in [7, 11) is -2.13.